The summed E-state index contributed by atoms with van der Waals surface area (Å²) in [6.07, 6.45) is 3.90. The van der Waals surface area contributed by atoms with Gasteiger partial charge in [0.05, 0.1) is 5.69 Å². The molecule has 2 rings (SSSR count). The summed E-state index contributed by atoms with van der Waals surface area (Å²) in [7, 11) is 0. The highest BCUT2D eigenvalue weighted by atomic mass is 32.2. The van der Waals surface area contributed by atoms with E-state index in [-0.39, 0.29) is 0 Å². The smallest absolute Gasteiger partial charge is 0.172 e. The number of imidazole rings is 1. The first-order chi connectivity index (χ1) is 8.08. The molecule has 2 nitrogen and oxygen atoms in total. The summed E-state index contributed by atoms with van der Waals surface area (Å²) in [5.74, 6) is 0. The Morgan fingerprint density at radius 3 is 2.71 bits per heavy atom. The maximum Gasteiger partial charge on any atom is 0.172 e. The van der Waals surface area contributed by atoms with Gasteiger partial charge in [-0.2, -0.15) is 0 Å². The third-order valence-electron chi connectivity index (χ3n) is 2.57. The van der Waals surface area contributed by atoms with E-state index in [1.54, 1.807) is 11.8 Å². The van der Waals surface area contributed by atoms with Crippen LogP contribution < -0.4 is 0 Å². The maximum absolute atomic E-state index is 4.43. The minimum atomic E-state index is 0.543. The molecule has 90 valence electrons. The second-order valence-corrected chi connectivity index (χ2v) is 6.08. The van der Waals surface area contributed by atoms with Gasteiger partial charge in [-0.05, 0) is 31.0 Å². The molecule has 0 amide bonds. The molecule has 17 heavy (non-hydrogen) atoms. The second kappa shape index (κ2) is 4.96. The van der Waals surface area contributed by atoms with Gasteiger partial charge in [-0.15, -0.1) is 0 Å². The third kappa shape index (κ3) is 2.72. The predicted octanol–water partition coefficient (Wildman–Crippen LogP) is 3.99. The van der Waals surface area contributed by atoms with Crippen LogP contribution in [-0.2, 0) is 0 Å². The Kier molecular flexibility index (Phi) is 3.57. The normalized spacial score (nSPS) is 11.1. The average molecular weight is 246 g/mol. The summed E-state index contributed by atoms with van der Waals surface area (Å²) in [5.41, 5.74) is 3.78. The van der Waals surface area contributed by atoms with E-state index in [0.717, 1.165) is 5.16 Å². The van der Waals surface area contributed by atoms with Crippen LogP contribution in [0.15, 0.2) is 35.7 Å². The predicted molar refractivity (Wildman–Crippen MR) is 74.0 cm³/mol. The maximum atomic E-state index is 4.43. The number of aryl methyl sites for hydroxylation is 2. The molecule has 1 aromatic carbocycles. The van der Waals surface area contributed by atoms with Gasteiger partial charge >= 0.3 is 0 Å². The molecule has 0 aliphatic rings. The number of nitrogens with zero attached hydrogens (tertiary/aromatic N) is 2. The van der Waals surface area contributed by atoms with E-state index in [4.69, 9.17) is 0 Å². The second-order valence-electron chi connectivity index (χ2n) is 4.54. The van der Waals surface area contributed by atoms with Crippen molar-refractivity contribution in [2.24, 2.45) is 0 Å². The van der Waals surface area contributed by atoms with Gasteiger partial charge in [0.15, 0.2) is 5.16 Å². The molecule has 0 unspecified atom stereocenters. The molecule has 0 N–H and O–H groups in total. The van der Waals surface area contributed by atoms with Gasteiger partial charge in [0.1, 0.15) is 0 Å². The van der Waals surface area contributed by atoms with Crippen molar-refractivity contribution < 1.29 is 0 Å². The van der Waals surface area contributed by atoms with Crippen molar-refractivity contribution in [2.75, 3.05) is 0 Å². The number of benzene rings is 1. The minimum Gasteiger partial charge on any atom is -0.295 e. The Hall–Kier alpha value is -1.22. The third-order valence-corrected chi connectivity index (χ3v) is 3.56. The summed E-state index contributed by atoms with van der Waals surface area (Å²) in [4.78, 5) is 4.43. The molecule has 2 aromatic rings. The number of hydrogen-bond acceptors (Lipinski definition) is 2. The molecular weight excluding hydrogens is 228 g/mol. The van der Waals surface area contributed by atoms with Crippen molar-refractivity contribution in [3.8, 4) is 5.69 Å². The van der Waals surface area contributed by atoms with Crippen LogP contribution in [0.1, 0.15) is 25.0 Å². The Balaban J connectivity index is 2.45. The van der Waals surface area contributed by atoms with Crippen LogP contribution in [0.25, 0.3) is 5.69 Å². The Labute approximate surface area is 107 Å². The van der Waals surface area contributed by atoms with Crippen LogP contribution in [0.5, 0.6) is 0 Å². The molecule has 1 heterocycles. The first-order valence-corrected chi connectivity index (χ1v) is 6.73. The van der Waals surface area contributed by atoms with Crippen LogP contribution in [0, 0.1) is 13.8 Å². The highest BCUT2D eigenvalue weighted by Gasteiger charge is 2.09. The Morgan fingerprint density at radius 1 is 1.24 bits per heavy atom. The highest BCUT2D eigenvalue weighted by molar-refractivity contribution is 7.99. The zero-order valence-electron chi connectivity index (χ0n) is 10.8. The fraction of sp³-hybridized carbons (Fsp3) is 0.357. The van der Waals surface area contributed by atoms with Gasteiger partial charge < -0.3 is 0 Å². The molecule has 0 spiro atoms. The largest absolute Gasteiger partial charge is 0.295 e. The molecular formula is C14H18N2S. The van der Waals surface area contributed by atoms with Crippen LogP contribution in [-0.4, -0.2) is 14.8 Å². The molecule has 0 atom stereocenters. The van der Waals surface area contributed by atoms with E-state index >= 15 is 0 Å². The monoisotopic (exact) mass is 246 g/mol. The Morgan fingerprint density at radius 2 is 2.00 bits per heavy atom. The lowest BCUT2D eigenvalue weighted by atomic mass is 10.1. The fourth-order valence-corrected chi connectivity index (χ4v) is 2.57. The number of thioether (sulfide) groups is 1. The lowest BCUT2D eigenvalue weighted by Crippen LogP contribution is -2.00. The van der Waals surface area contributed by atoms with Crippen molar-refractivity contribution in [2.45, 2.75) is 38.1 Å². The first kappa shape index (κ1) is 12.2. The molecule has 0 aliphatic heterocycles. The molecule has 0 radical (unpaired) electrons. The summed E-state index contributed by atoms with van der Waals surface area (Å²) in [6, 6.07) is 6.51. The lowest BCUT2D eigenvalue weighted by molar-refractivity contribution is 0.880. The van der Waals surface area contributed by atoms with E-state index in [1.807, 2.05) is 12.4 Å². The summed E-state index contributed by atoms with van der Waals surface area (Å²) in [6.45, 7) is 8.63. The van der Waals surface area contributed by atoms with Crippen molar-refractivity contribution in [1.29, 1.82) is 0 Å². The van der Waals surface area contributed by atoms with Crippen LogP contribution in [0.4, 0.5) is 0 Å². The van der Waals surface area contributed by atoms with E-state index in [0.29, 0.717) is 5.25 Å². The summed E-state index contributed by atoms with van der Waals surface area (Å²) in [5, 5.41) is 1.61. The molecule has 0 aliphatic carbocycles. The van der Waals surface area contributed by atoms with Gasteiger partial charge in [-0.25, -0.2) is 4.98 Å². The lowest BCUT2D eigenvalue weighted by Gasteiger charge is -2.12. The number of aromatic nitrogens is 2. The van der Waals surface area contributed by atoms with Crippen molar-refractivity contribution in [1.82, 2.24) is 9.55 Å². The minimum absolute atomic E-state index is 0.543. The van der Waals surface area contributed by atoms with Gasteiger partial charge in [0.25, 0.3) is 0 Å². The average Bonchev–Trinajstić information content (AvgIpc) is 2.69. The molecule has 0 bridgehead atoms. The van der Waals surface area contributed by atoms with Gasteiger partial charge in [-0.3, -0.25) is 4.57 Å². The molecule has 1 aromatic heterocycles. The van der Waals surface area contributed by atoms with E-state index < -0.39 is 0 Å². The van der Waals surface area contributed by atoms with E-state index in [9.17, 15) is 0 Å². The summed E-state index contributed by atoms with van der Waals surface area (Å²) >= 11 is 1.79. The molecule has 0 saturated carbocycles. The van der Waals surface area contributed by atoms with Gasteiger partial charge in [-0.1, -0.05) is 37.7 Å². The molecule has 3 heteroatoms. The standard InChI is InChI=1S/C14H18N2S/c1-10(2)17-14-15-7-8-16(14)13-9-11(3)5-6-12(13)4/h5-10H,1-4H3. The fourth-order valence-electron chi connectivity index (χ4n) is 1.75. The van der Waals surface area contributed by atoms with E-state index in [2.05, 4.69) is 55.4 Å². The SMILES string of the molecule is Cc1ccc(C)c(-n2ccnc2SC(C)C)c1. The number of rotatable bonds is 3. The summed E-state index contributed by atoms with van der Waals surface area (Å²) < 4.78 is 2.17. The van der Waals surface area contributed by atoms with Crippen molar-refractivity contribution in [3.05, 3.63) is 41.7 Å². The van der Waals surface area contributed by atoms with Crippen LogP contribution in [0.2, 0.25) is 0 Å². The van der Waals surface area contributed by atoms with Gasteiger partial charge in [0.2, 0.25) is 0 Å². The zero-order valence-corrected chi connectivity index (χ0v) is 11.6. The van der Waals surface area contributed by atoms with Crippen molar-refractivity contribution >= 4 is 11.8 Å². The van der Waals surface area contributed by atoms with Crippen LogP contribution in [0.3, 0.4) is 0 Å². The molecule has 0 fully saturated rings. The zero-order chi connectivity index (χ0) is 12.4. The van der Waals surface area contributed by atoms with Crippen LogP contribution >= 0.6 is 11.8 Å². The number of hydrogen-bond donors (Lipinski definition) is 0. The van der Waals surface area contributed by atoms with Gasteiger partial charge in [0, 0.05) is 17.6 Å². The highest BCUT2D eigenvalue weighted by Crippen LogP contribution is 2.26. The molecule has 0 saturated heterocycles. The van der Waals surface area contributed by atoms with E-state index in [1.165, 1.54) is 16.8 Å². The topological polar surface area (TPSA) is 17.8 Å². The first-order valence-electron chi connectivity index (χ1n) is 5.85. The quantitative estimate of drug-likeness (QED) is 0.762. The van der Waals surface area contributed by atoms with Crippen molar-refractivity contribution in [3.63, 3.8) is 0 Å². The Bertz CT molecular complexity index is 515.